The minimum Gasteiger partial charge on any atom is -0.309 e. The first kappa shape index (κ1) is 15.0. The number of nitrogens with one attached hydrogen (secondary N) is 1. The van der Waals surface area contributed by atoms with Crippen LogP contribution in [0.5, 0.6) is 0 Å². The number of unbranched alkanes of at least 4 members (excludes halogenated alkanes) is 1. The summed E-state index contributed by atoms with van der Waals surface area (Å²) in [4.78, 5) is 4.00. The van der Waals surface area contributed by atoms with E-state index in [-0.39, 0.29) is 0 Å². The van der Waals surface area contributed by atoms with E-state index >= 15 is 0 Å². The van der Waals surface area contributed by atoms with E-state index in [1.54, 1.807) is 5.56 Å². The largest absolute Gasteiger partial charge is 0.309 e. The SMILES string of the molecule is CCCCN(C)Cc1c(CNC2CC2)sc2ccccc12. The van der Waals surface area contributed by atoms with E-state index in [1.807, 2.05) is 11.3 Å². The number of thiophene rings is 1. The quantitative estimate of drug-likeness (QED) is 0.778. The highest BCUT2D eigenvalue weighted by atomic mass is 32.1. The molecule has 3 heteroatoms. The molecule has 0 aliphatic heterocycles. The zero-order valence-electron chi connectivity index (χ0n) is 13.2. The number of benzene rings is 1. The van der Waals surface area contributed by atoms with E-state index in [0.29, 0.717) is 0 Å². The predicted octanol–water partition coefficient (Wildman–Crippen LogP) is 4.39. The summed E-state index contributed by atoms with van der Waals surface area (Å²) < 4.78 is 1.43. The van der Waals surface area contributed by atoms with Crippen molar-refractivity contribution in [2.24, 2.45) is 0 Å². The van der Waals surface area contributed by atoms with E-state index in [4.69, 9.17) is 0 Å². The minimum atomic E-state index is 0.779. The molecule has 1 fully saturated rings. The Labute approximate surface area is 132 Å². The fourth-order valence-electron chi connectivity index (χ4n) is 2.77. The summed E-state index contributed by atoms with van der Waals surface area (Å²) in [5.41, 5.74) is 1.54. The Morgan fingerprint density at radius 2 is 2.10 bits per heavy atom. The summed E-state index contributed by atoms with van der Waals surface area (Å²) >= 11 is 1.97. The Bertz CT molecular complexity index is 586. The Morgan fingerprint density at radius 3 is 2.86 bits per heavy atom. The number of hydrogen-bond acceptors (Lipinski definition) is 3. The molecule has 1 aromatic carbocycles. The van der Waals surface area contributed by atoms with Crippen LogP contribution in [0, 0.1) is 0 Å². The van der Waals surface area contributed by atoms with E-state index < -0.39 is 0 Å². The van der Waals surface area contributed by atoms with Crippen LogP contribution in [0.4, 0.5) is 0 Å². The van der Waals surface area contributed by atoms with E-state index in [9.17, 15) is 0 Å². The summed E-state index contributed by atoms with van der Waals surface area (Å²) in [6, 6.07) is 9.65. The summed E-state index contributed by atoms with van der Waals surface area (Å²) in [5, 5.41) is 5.14. The number of nitrogens with zero attached hydrogens (tertiary/aromatic N) is 1. The van der Waals surface area contributed by atoms with Gasteiger partial charge in [0.2, 0.25) is 0 Å². The molecular formula is C18H26N2S. The van der Waals surface area contributed by atoms with Gasteiger partial charge in [-0.3, -0.25) is 0 Å². The molecule has 0 unspecified atom stereocenters. The van der Waals surface area contributed by atoms with Crippen molar-refractivity contribution in [1.82, 2.24) is 10.2 Å². The molecule has 1 aliphatic carbocycles. The number of rotatable bonds is 8. The van der Waals surface area contributed by atoms with Crippen LogP contribution in [0.15, 0.2) is 24.3 Å². The monoisotopic (exact) mass is 302 g/mol. The standard InChI is InChI=1S/C18H26N2S/c1-3-4-11-20(2)13-16-15-7-5-6-8-17(15)21-18(16)12-19-14-9-10-14/h5-8,14,19H,3-4,9-13H2,1-2H3. The average molecular weight is 302 g/mol. The maximum absolute atomic E-state index is 3.68. The van der Waals surface area contributed by atoms with Crippen LogP contribution in [0.2, 0.25) is 0 Å². The van der Waals surface area contributed by atoms with Gasteiger partial charge in [0.15, 0.2) is 0 Å². The Balaban J connectivity index is 1.79. The Kier molecular flexibility index (Phi) is 4.94. The van der Waals surface area contributed by atoms with Gasteiger partial charge in [-0.15, -0.1) is 11.3 Å². The maximum atomic E-state index is 3.68. The molecule has 0 radical (unpaired) electrons. The average Bonchev–Trinajstić information content (AvgIpc) is 3.26. The second-order valence-corrected chi connectivity index (χ2v) is 7.38. The maximum Gasteiger partial charge on any atom is 0.0349 e. The third-order valence-electron chi connectivity index (χ3n) is 4.23. The highest BCUT2D eigenvalue weighted by Gasteiger charge is 2.21. The smallest absolute Gasteiger partial charge is 0.0349 e. The van der Waals surface area contributed by atoms with E-state index in [1.165, 1.54) is 47.2 Å². The van der Waals surface area contributed by atoms with Crippen LogP contribution in [0.3, 0.4) is 0 Å². The van der Waals surface area contributed by atoms with Gasteiger partial charge in [0, 0.05) is 28.7 Å². The van der Waals surface area contributed by atoms with Crippen LogP contribution < -0.4 is 5.32 Å². The van der Waals surface area contributed by atoms with Crippen molar-refractivity contribution in [2.45, 2.75) is 51.7 Å². The normalized spacial score (nSPS) is 15.2. The fraction of sp³-hybridized carbons (Fsp3) is 0.556. The van der Waals surface area contributed by atoms with E-state index in [0.717, 1.165) is 19.1 Å². The van der Waals surface area contributed by atoms with Gasteiger partial charge in [0.05, 0.1) is 0 Å². The van der Waals surface area contributed by atoms with Gasteiger partial charge < -0.3 is 10.2 Å². The molecule has 0 atom stereocenters. The van der Waals surface area contributed by atoms with Crippen molar-refractivity contribution in [3.05, 3.63) is 34.7 Å². The van der Waals surface area contributed by atoms with Gasteiger partial charge in [-0.1, -0.05) is 31.5 Å². The molecule has 114 valence electrons. The molecule has 1 aliphatic rings. The van der Waals surface area contributed by atoms with E-state index in [2.05, 4.69) is 48.5 Å². The number of fused-ring (bicyclic) bond motifs is 1. The van der Waals surface area contributed by atoms with Crippen molar-refractivity contribution >= 4 is 21.4 Å². The van der Waals surface area contributed by atoms with Crippen LogP contribution in [0.25, 0.3) is 10.1 Å². The molecule has 0 saturated heterocycles. The van der Waals surface area contributed by atoms with Gasteiger partial charge in [-0.05, 0) is 49.9 Å². The first-order valence-electron chi connectivity index (χ1n) is 8.19. The van der Waals surface area contributed by atoms with Gasteiger partial charge >= 0.3 is 0 Å². The summed E-state index contributed by atoms with van der Waals surface area (Å²) in [7, 11) is 2.25. The molecule has 3 rings (SSSR count). The van der Waals surface area contributed by atoms with Crippen molar-refractivity contribution in [1.29, 1.82) is 0 Å². The lowest BCUT2D eigenvalue weighted by Crippen LogP contribution is -2.21. The molecule has 21 heavy (non-hydrogen) atoms. The molecule has 1 N–H and O–H groups in total. The molecule has 0 bridgehead atoms. The molecular weight excluding hydrogens is 276 g/mol. The second kappa shape index (κ2) is 6.91. The molecule has 1 saturated carbocycles. The second-order valence-electron chi connectivity index (χ2n) is 6.25. The van der Waals surface area contributed by atoms with Crippen LogP contribution in [0.1, 0.15) is 43.0 Å². The highest BCUT2D eigenvalue weighted by Crippen LogP contribution is 2.33. The van der Waals surface area contributed by atoms with Gasteiger partial charge in [-0.25, -0.2) is 0 Å². The molecule has 2 aromatic rings. The summed E-state index contributed by atoms with van der Waals surface area (Å²) in [6.45, 7) is 5.57. The lowest BCUT2D eigenvalue weighted by Gasteiger charge is -2.17. The Morgan fingerprint density at radius 1 is 1.29 bits per heavy atom. The van der Waals surface area contributed by atoms with Crippen LogP contribution >= 0.6 is 11.3 Å². The first-order chi connectivity index (χ1) is 10.3. The minimum absolute atomic E-state index is 0.779. The zero-order chi connectivity index (χ0) is 14.7. The van der Waals surface area contributed by atoms with Crippen molar-refractivity contribution in [2.75, 3.05) is 13.6 Å². The van der Waals surface area contributed by atoms with Crippen molar-refractivity contribution < 1.29 is 0 Å². The van der Waals surface area contributed by atoms with Gasteiger partial charge in [0.25, 0.3) is 0 Å². The van der Waals surface area contributed by atoms with Crippen LogP contribution in [-0.4, -0.2) is 24.5 Å². The molecule has 1 aromatic heterocycles. The Hall–Kier alpha value is -0.900. The first-order valence-corrected chi connectivity index (χ1v) is 9.00. The molecule has 2 nitrogen and oxygen atoms in total. The molecule has 1 heterocycles. The summed E-state index contributed by atoms with van der Waals surface area (Å²) in [6.07, 6.45) is 5.27. The van der Waals surface area contributed by atoms with Crippen molar-refractivity contribution in [3.8, 4) is 0 Å². The lowest BCUT2D eigenvalue weighted by molar-refractivity contribution is 0.321. The van der Waals surface area contributed by atoms with Gasteiger partial charge in [0.1, 0.15) is 0 Å². The third-order valence-corrected chi connectivity index (χ3v) is 5.45. The predicted molar refractivity (Wildman–Crippen MR) is 92.9 cm³/mol. The van der Waals surface area contributed by atoms with Gasteiger partial charge in [-0.2, -0.15) is 0 Å². The summed E-state index contributed by atoms with van der Waals surface area (Å²) in [5.74, 6) is 0. The zero-order valence-corrected chi connectivity index (χ0v) is 14.0. The molecule has 0 amide bonds. The lowest BCUT2D eigenvalue weighted by atomic mass is 10.1. The van der Waals surface area contributed by atoms with Crippen LogP contribution in [-0.2, 0) is 13.1 Å². The fourth-order valence-corrected chi connectivity index (χ4v) is 3.93. The molecule has 0 spiro atoms. The van der Waals surface area contributed by atoms with Crippen molar-refractivity contribution in [3.63, 3.8) is 0 Å². The number of hydrogen-bond donors (Lipinski definition) is 1. The topological polar surface area (TPSA) is 15.3 Å². The third kappa shape index (κ3) is 3.85. The highest BCUT2D eigenvalue weighted by molar-refractivity contribution is 7.19.